The van der Waals surface area contributed by atoms with Crippen LogP contribution in [-0.2, 0) is 21.1 Å². The van der Waals surface area contributed by atoms with E-state index in [4.69, 9.17) is 21.1 Å². The highest BCUT2D eigenvalue weighted by molar-refractivity contribution is 6.32. The molecule has 0 aliphatic rings. The molecule has 3 aromatic rings. The van der Waals surface area contributed by atoms with Crippen molar-refractivity contribution in [3.63, 3.8) is 0 Å². The van der Waals surface area contributed by atoms with Crippen LogP contribution in [0.15, 0.2) is 60.7 Å². The number of aromatic nitrogens is 1. The third kappa shape index (κ3) is 5.92. The number of nitriles is 1. The Morgan fingerprint density at radius 2 is 1.78 bits per heavy atom. The van der Waals surface area contributed by atoms with Gasteiger partial charge >= 0.3 is 12.1 Å². The summed E-state index contributed by atoms with van der Waals surface area (Å²) in [5.74, 6) is -1.47. The van der Waals surface area contributed by atoms with Crippen molar-refractivity contribution in [3.05, 3.63) is 93.9 Å². The van der Waals surface area contributed by atoms with Crippen molar-refractivity contribution in [2.45, 2.75) is 25.4 Å². The number of benzene rings is 2. The van der Waals surface area contributed by atoms with Gasteiger partial charge in [0.1, 0.15) is 23.1 Å². The first kappa shape index (κ1) is 27.7. The molecule has 2 aromatic carbocycles. The predicted octanol–water partition coefficient (Wildman–Crippen LogP) is 7.34. The molecule has 3 rings (SSSR count). The molecule has 0 saturated carbocycles. The lowest BCUT2D eigenvalue weighted by molar-refractivity contribution is -0.147. The minimum atomic E-state index is -4.57. The maximum absolute atomic E-state index is 13.3. The van der Waals surface area contributed by atoms with Gasteiger partial charge in [0.05, 0.1) is 23.9 Å². The molecule has 5 nitrogen and oxygen atoms in total. The van der Waals surface area contributed by atoms with Crippen molar-refractivity contribution in [2.24, 2.45) is 5.92 Å². The van der Waals surface area contributed by atoms with Crippen molar-refractivity contribution in [1.29, 1.82) is 5.26 Å². The van der Waals surface area contributed by atoms with Crippen LogP contribution in [0.5, 0.6) is 11.6 Å². The van der Waals surface area contributed by atoms with E-state index in [9.17, 15) is 27.6 Å². The number of pyridine rings is 1. The predicted molar refractivity (Wildman–Crippen MR) is 129 cm³/mol. The molecule has 1 heterocycles. The van der Waals surface area contributed by atoms with Crippen LogP contribution in [0.3, 0.4) is 0 Å². The minimum Gasteiger partial charge on any atom is -0.468 e. The van der Waals surface area contributed by atoms with E-state index >= 15 is 0 Å². The van der Waals surface area contributed by atoms with Gasteiger partial charge in [-0.05, 0) is 53.9 Å². The third-order valence-corrected chi connectivity index (χ3v) is 6.03. The largest absolute Gasteiger partial charge is 0.468 e. The molecule has 0 spiro atoms. The number of esters is 1. The zero-order valence-corrected chi connectivity index (χ0v) is 20.7. The van der Waals surface area contributed by atoms with Gasteiger partial charge in [0.15, 0.2) is 0 Å². The van der Waals surface area contributed by atoms with Gasteiger partial charge in [-0.15, -0.1) is 0 Å². The van der Waals surface area contributed by atoms with Crippen molar-refractivity contribution < 1.29 is 31.8 Å². The first-order chi connectivity index (χ1) is 17.4. The maximum Gasteiger partial charge on any atom is 0.416 e. The number of hydrogen-bond acceptors (Lipinski definition) is 5. The highest BCUT2D eigenvalue weighted by Gasteiger charge is 2.46. The molecule has 0 bridgehead atoms. The summed E-state index contributed by atoms with van der Waals surface area (Å²) in [6.45, 7) is 3.40. The van der Waals surface area contributed by atoms with Gasteiger partial charge in [-0.2, -0.15) is 18.4 Å². The van der Waals surface area contributed by atoms with Gasteiger partial charge in [-0.1, -0.05) is 43.7 Å². The standard InChI is InChI=1S/C27H21ClF4N2O3/c1-16(2)26(25(35)36-3,13-12-17-4-6-19(14-22(17)28)27(30,31)32)24-18(15-33)5-11-23(34-24)37-21-9-7-20(29)8-10-21/h4-14,16H,1-3H3. The summed E-state index contributed by atoms with van der Waals surface area (Å²) < 4.78 is 63.2. The average molecular weight is 533 g/mol. The van der Waals surface area contributed by atoms with Crippen LogP contribution < -0.4 is 4.74 Å². The first-order valence-corrected chi connectivity index (χ1v) is 11.3. The quantitative estimate of drug-likeness (QED) is 0.235. The van der Waals surface area contributed by atoms with E-state index in [1.165, 1.54) is 61.7 Å². The number of ether oxygens (including phenoxy) is 2. The molecular weight excluding hydrogens is 512 g/mol. The summed E-state index contributed by atoms with van der Waals surface area (Å²) in [6, 6.07) is 12.8. The lowest BCUT2D eigenvalue weighted by atomic mass is 9.72. The average Bonchev–Trinajstić information content (AvgIpc) is 2.85. The van der Waals surface area contributed by atoms with E-state index in [0.29, 0.717) is 0 Å². The zero-order chi connectivity index (χ0) is 27.4. The number of carbonyl (C=O) groups excluding carboxylic acids is 1. The Morgan fingerprint density at radius 1 is 1.11 bits per heavy atom. The van der Waals surface area contributed by atoms with Crippen LogP contribution in [0.1, 0.15) is 36.2 Å². The Kier molecular flexibility index (Phi) is 8.24. The molecule has 0 N–H and O–H groups in total. The molecule has 192 valence electrons. The maximum atomic E-state index is 13.3. The summed E-state index contributed by atoms with van der Waals surface area (Å²) in [7, 11) is 1.17. The van der Waals surface area contributed by atoms with Gasteiger partial charge in [-0.25, -0.2) is 9.37 Å². The fraction of sp³-hybridized carbons (Fsp3) is 0.222. The van der Waals surface area contributed by atoms with Crippen molar-refractivity contribution in [3.8, 4) is 17.7 Å². The van der Waals surface area contributed by atoms with E-state index in [2.05, 4.69) is 4.98 Å². The molecule has 0 aliphatic carbocycles. The summed E-state index contributed by atoms with van der Waals surface area (Å²) in [5, 5.41) is 9.60. The summed E-state index contributed by atoms with van der Waals surface area (Å²) >= 11 is 6.11. The smallest absolute Gasteiger partial charge is 0.416 e. The summed E-state index contributed by atoms with van der Waals surface area (Å²) in [6.07, 6.45) is -1.78. The molecule has 0 aliphatic heterocycles. The lowest BCUT2D eigenvalue weighted by Gasteiger charge is -2.32. The molecular formula is C27H21ClF4N2O3. The molecule has 0 fully saturated rings. The zero-order valence-electron chi connectivity index (χ0n) is 19.9. The lowest BCUT2D eigenvalue weighted by Crippen LogP contribution is -2.41. The number of carbonyl (C=O) groups is 1. The molecule has 1 aromatic heterocycles. The highest BCUT2D eigenvalue weighted by atomic mass is 35.5. The van der Waals surface area contributed by atoms with Crippen LogP contribution in [0.4, 0.5) is 17.6 Å². The van der Waals surface area contributed by atoms with E-state index in [-0.39, 0.29) is 33.5 Å². The number of hydrogen-bond donors (Lipinski definition) is 0. The number of alkyl halides is 3. The van der Waals surface area contributed by atoms with E-state index in [1.807, 2.05) is 6.07 Å². The van der Waals surface area contributed by atoms with Crippen molar-refractivity contribution in [1.82, 2.24) is 4.98 Å². The van der Waals surface area contributed by atoms with Gasteiger partial charge in [0.25, 0.3) is 0 Å². The SMILES string of the molecule is COC(=O)C(C=Cc1ccc(C(F)(F)F)cc1Cl)(c1nc(Oc2ccc(F)cc2)ccc1C#N)C(C)C. The Morgan fingerprint density at radius 3 is 2.32 bits per heavy atom. The Hall–Kier alpha value is -3.90. The topological polar surface area (TPSA) is 72.2 Å². The van der Waals surface area contributed by atoms with Crippen LogP contribution in [-0.4, -0.2) is 18.1 Å². The second-order valence-corrected chi connectivity index (χ2v) is 8.70. The Labute approximate surface area is 215 Å². The molecule has 1 atom stereocenters. The highest BCUT2D eigenvalue weighted by Crippen LogP contribution is 2.39. The van der Waals surface area contributed by atoms with Crippen LogP contribution in [0.2, 0.25) is 5.02 Å². The summed E-state index contributed by atoms with van der Waals surface area (Å²) in [5.41, 5.74) is -2.30. The second-order valence-electron chi connectivity index (χ2n) is 8.30. The van der Waals surface area contributed by atoms with Gasteiger partial charge in [0.2, 0.25) is 5.88 Å². The number of halogens is 5. The van der Waals surface area contributed by atoms with Gasteiger partial charge < -0.3 is 9.47 Å². The first-order valence-electron chi connectivity index (χ1n) is 10.9. The molecule has 1 unspecified atom stereocenters. The van der Waals surface area contributed by atoms with Gasteiger partial charge in [-0.3, -0.25) is 4.79 Å². The third-order valence-electron chi connectivity index (χ3n) is 5.71. The Balaban J connectivity index is 2.16. The second kappa shape index (κ2) is 11.0. The van der Waals surface area contributed by atoms with Crippen LogP contribution in [0.25, 0.3) is 6.08 Å². The van der Waals surface area contributed by atoms with Crippen LogP contribution >= 0.6 is 11.6 Å². The summed E-state index contributed by atoms with van der Waals surface area (Å²) in [4.78, 5) is 17.7. The van der Waals surface area contributed by atoms with Crippen molar-refractivity contribution in [2.75, 3.05) is 7.11 Å². The fourth-order valence-electron chi connectivity index (χ4n) is 3.70. The monoisotopic (exact) mass is 532 g/mol. The van der Waals surface area contributed by atoms with E-state index in [0.717, 1.165) is 12.1 Å². The number of rotatable bonds is 7. The van der Waals surface area contributed by atoms with E-state index in [1.54, 1.807) is 13.8 Å². The molecule has 37 heavy (non-hydrogen) atoms. The number of nitrogens with zero attached hydrogens (tertiary/aromatic N) is 2. The minimum absolute atomic E-state index is 0.00995. The van der Waals surface area contributed by atoms with Crippen LogP contribution in [0, 0.1) is 23.1 Å². The van der Waals surface area contributed by atoms with E-state index < -0.39 is 34.9 Å². The molecule has 0 saturated heterocycles. The molecule has 10 heteroatoms. The molecule has 0 amide bonds. The van der Waals surface area contributed by atoms with Crippen molar-refractivity contribution >= 4 is 23.6 Å². The Bertz CT molecular complexity index is 1370. The van der Waals surface area contributed by atoms with Gasteiger partial charge in [0, 0.05) is 11.1 Å². The molecule has 0 radical (unpaired) electrons. The fourth-order valence-corrected chi connectivity index (χ4v) is 3.94. The normalized spacial score (nSPS) is 13.3. The number of methoxy groups -OCH3 is 1.